The van der Waals surface area contributed by atoms with Crippen molar-refractivity contribution < 1.29 is 20.1 Å². The number of rotatable bonds is 9. The summed E-state index contributed by atoms with van der Waals surface area (Å²) in [6, 6.07) is 6.97. The zero-order chi connectivity index (χ0) is 17.2. The second-order valence-electron chi connectivity index (χ2n) is 5.52. The van der Waals surface area contributed by atoms with Crippen LogP contribution in [0.1, 0.15) is 25.3 Å². The number of aliphatic hydroxyl groups is 2. The number of hydrogen-bond donors (Lipinski definition) is 3. The molecule has 23 heavy (non-hydrogen) atoms. The van der Waals surface area contributed by atoms with E-state index in [0.717, 1.165) is 11.1 Å². The molecular formula is C19H26O4. The molecule has 0 amide bonds. The molecule has 1 unspecified atom stereocenters. The Morgan fingerprint density at radius 3 is 2.52 bits per heavy atom. The molecule has 0 saturated heterocycles. The van der Waals surface area contributed by atoms with Crippen LogP contribution in [0.5, 0.6) is 5.75 Å². The van der Waals surface area contributed by atoms with E-state index in [1.54, 1.807) is 25.3 Å². The van der Waals surface area contributed by atoms with E-state index in [1.165, 1.54) is 0 Å². The summed E-state index contributed by atoms with van der Waals surface area (Å²) >= 11 is 0. The number of ether oxygens (including phenoxy) is 1. The van der Waals surface area contributed by atoms with Crippen LogP contribution in [0.2, 0.25) is 0 Å². The smallest absolute Gasteiger partial charge is 0.115 e. The quantitative estimate of drug-likeness (QED) is 0.612. The zero-order valence-electron chi connectivity index (χ0n) is 13.8. The summed E-state index contributed by atoms with van der Waals surface area (Å²) in [5, 5.41) is 28.7. The highest BCUT2D eigenvalue weighted by molar-refractivity contribution is 5.53. The monoisotopic (exact) mass is 318 g/mol. The Kier molecular flexibility index (Phi) is 8.33. The number of hydrogen-bond acceptors (Lipinski definition) is 4. The van der Waals surface area contributed by atoms with Gasteiger partial charge in [0.15, 0.2) is 0 Å². The Morgan fingerprint density at radius 1 is 1.30 bits per heavy atom. The Morgan fingerprint density at radius 2 is 1.96 bits per heavy atom. The first-order chi connectivity index (χ1) is 11.0. The molecule has 0 heterocycles. The SMILES string of the molecule is C=C(COC)/C(=C/CO)C(O)CC/C(C)=C/c1ccc(O)cc1. The van der Waals surface area contributed by atoms with Crippen LogP contribution in [0.3, 0.4) is 0 Å². The van der Waals surface area contributed by atoms with Gasteiger partial charge in [-0.05, 0) is 48.6 Å². The van der Waals surface area contributed by atoms with Crippen LogP contribution in [0.4, 0.5) is 0 Å². The minimum Gasteiger partial charge on any atom is -0.508 e. The fraction of sp³-hybridized carbons (Fsp3) is 0.368. The van der Waals surface area contributed by atoms with Gasteiger partial charge in [0.25, 0.3) is 0 Å². The molecule has 0 aromatic heterocycles. The van der Waals surface area contributed by atoms with Gasteiger partial charge in [-0.15, -0.1) is 0 Å². The fourth-order valence-corrected chi connectivity index (χ4v) is 2.32. The Hall–Kier alpha value is -1.88. The van der Waals surface area contributed by atoms with Crippen molar-refractivity contribution in [3.63, 3.8) is 0 Å². The standard InChI is InChI=1S/C19H26O4/c1-14(12-16-5-7-17(21)8-6-16)4-9-19(22)18(10-11-20)15(2)13-23-3/h5-8,10,12,19-22H,2,4,9,11,13H2,1,3H3/b14-12+,18-10-. The highest BCUT2D eigenvalue weighted by atomic mass is 16.5. The topological polar surface area (TPSA) is 69.9 Å². The first-order valence-electron chi connectivity index (χ1n) is 7.60. The second kappa shape index (κ2) is 10.0. The van der Waals surface area contributed by atoms with Gasteiger partial charge in [0, 0.05) is 7.11 Å². The maximum atomic E-state index is 10.3. The maximum absolute atomic E-state index is 10.3. The molecule has 0 fully saturated rings. The predicted molar refractivity (Wildman–Crippen MR) is 93.2 cm³/mol. The number of allylic oxidation sites excluding steroid dienone is 1. The van der Waals surface area contributed by atoms with Crippen molar-refractivity contribution in [3.05, 3.63) is 59.2 Å². The highest BCUT2D eigenvalue weighted by Gasteiger charge is 2.13. The number of benzene rings is 1. The maximum Gasteiger partial charge on any atom is 0.115 e. The van der Waals surface area contributed by atoms with Crippen molar-refractivity contribution in [2.75, 3.05) is 20.3 Å². The first kappa shape index (κ1) is 19.2. The molecule has 0 spiro atoms. The van der Waals surface area contributed by atoms with Crippen molar-refractivity contribution in [1.82, 2.24) is 0 Å². The van der Waals surface area contributed by atoms with Gasteiger partial charge in [-0.25, -0.2) is 0 Å². The summed E-state index contributed by atoms with van der Waals surface area (Å²) in [5.41, 5.74) is 3.43. The number of phenolic OH excluding ortho intramolecular Hbond substituents is 1. The molecule has 3 N–H and O–H groups in total. The lowest BCUT2D eigenvalue weighted by Gasteiger charge is -2.17. The Bertz CT molecular complexity index is 555. The molecule has 0 radical (unpaired) electrons. The van der Waals surface area contributed by atoms with Crippen LogP contribution < -0.4 is 0 Å². The summed E-state index contributed by atoms with van der Waals surface area (Å²) in [4.78, 5) is 0. The van der Waals surface area contributed by atoms with Crippen LogP contribution >= 0.6 is 0 Å². The highest BCUT2D eigenvalue weighted by Crippen LogP contribution is 2.20. The first-order valence-corrected chi connectivity index (χ1v) is 7.60. The Labute approximate surface area is 138 Å². The molecule has 126 valence electrons. The summed E-state index contributed by atoms with van der Waals surface area (Å²) in [6.45, 7) is 6.07. The van der Waals surface area contributed by atoms with E-state index in [9.17, 15) is 10.2 Å². The van der Waals surface area contributed by atoms with Gasteiger partial charge >= 0.3 is 0 Å². The van der Waals surface area contributed by atoms with Crippen LogP contribution in [0.25, 0.3) is 6.08 Å². The van der Waals surface area contributed by atoms with Gasteiger partial charge in [-0.3, -0.25) is 0 Å². The summed E-state index contributed by atoms with van der Waals surface area (Å²) in [7, 11) is 1.57. The number of phenols is 1. The van der Waals surface area contributed by atoms with Crippen molar-refractivity contribution in [3.8, 4) is 5.75 Å². The summed E-state index contributed by atoms with van der Waals surface area (Å²) in [6.07, 6.45) is 4.16. The van der Waals surface area contributed by atoms with Gasteiger partial charge in [-0.2, -0.15) is 0 Å². The Balaban J connectivity index is 2.65. The van der Waals surface area contributed by atoms with E-state index in [2.05, 4.69) is 6.58 Å². The van der Waals surface area contributed by atoms with Gasteiger partial charge in [0.2, 0.25) is 0 Å². The van der Waals surface area contributed by atoms with E-state index < -0.39 is 6.10 Å². The molecule has 0 saturated carbocycles. The van der Waals surface area contributed by atoms with Gasteiger partial charge < -0.3 is 20.1 Å². The molecule has 0 aliphatic rings. The average Bonchev–Trinajstić information content (AvgIpc) is 2.52. The molecule has 0 aliphatic heterocycles. The molecule has 0 aliphatic carbocycles. The van der Waals surface area contributed by atoms with Crippen LogP contribution in [0.15, 0.2) is 53.6 Å². The van der Waals surface area contributed by atoms with E-state index in [4.69, 9.17) is 9.84 Å². The van der Waals surface area contributed by atoms with Crippen LogP contribution in [0, 0.1) is 0 Å². The van der Waals surface area contributed by atoms with Crippen LogP contribution in [-0.2, 0) is 4.74 Å². The van der Waals surface area contributed by atoms with Gasteiger partial charge in [-0.1, -0.05) is 36.4 Å². The molecule has 4 heteroatoms. The molecule has 0 bridgehead atoms. The molecule has 1 atom stereocenters. The minimum atomic E-state index is -0.687. The van der Waals surface area contributed by atoms with E-state index in [0.29, 0.717) is 30.6 Å². The van der Waals surface area contributed by atoms with Gasteiger partial charge in [0.1, 0.15) is 5.75 Å². The van der Waals surface area contributed by atoms with Crippen molar-refractivity contribution >= 4 is 6.08 Å². The third kappa shape index (κ3) is 6.82. The molecule has 1 aromatic rings. The second-order valence-corrected chi connectivity index (χ2v) is 5.52. The lowest BCUT2D eigenvalue weighted by molar-refractivity contribution is 0.190. The average molecular weight is 318 g/mol. The lowest BCUT2D eigenvalue weighted by atomic mass is 9.96. The van der Waals surface area contributed by atoms with Crippen molar-refractivity contribution in [2.45, 2.75) is 25.9 Å². The molecule has 4 nitrogen and oxygen atoms in total. The third-order valence-electron chi connectivity index (χ3n) is 3.52. The van der Waals surface area contributed by atoms with Crippen molar-refractivity contribution in [2.24, 2.45) is 0 Å². The fourth-order valence-electron chi connectivity index (χ4n) is 2.32. The summed E-state index contributed by atoms with van der Waals surface area (Å²) in [5.74, 6) is 0.241. The van der Waals surface area contributed by atoms with Crippen LogP contribution in [-0.4, -0.2) is 41.7 Å². The zero-order valence-corrected chi connectivity index (χ0v) is 13.8. The van der Waals surface area contributed by atoms with E-state index in [-0.39, 0.29) is 12.4 Å². The van der Waals surface area contributed by atoms with Crippen molar-refractivity contribution in [1.29, 1.82) is 0 Å². The third-order valence-corrected chi connectivity index (χ3v) is 3.52. The summed E-state index contributed by atoms with van der Waals surface area (Å²) < 4.78 is 5.03. The minimum absolute atomic E-state index is 0.141. The molecular weight excluding hydrogens is 292 g/mol. The number of aliphatic hydroxyl groups excluding tert-OH is 2. The van der Waals surface area contributed by atoms with E-state index in [1.807, 2.05) is 25.1 Å². The number of aromatic hydroxyl groups is 1. The molecule has 1 aromatic carbocycles. The van der Waals surface area contributed by atoms with Gasteiger partial charge in [0.05, 0.1) is 19.3 Å². The largest absolute Gasteiger partial charge is 0.508 e. The number of methoxy groups -OCH3 is 1. The van der Waals surface area contributed by atoms with E-state index >= 15 is 0 Å². The predicted octanol–water partition coefficient (Wildman–Crippen LogP) is 3.06. The normalized spacial score (nSPS) is 13.9. The molecule has 1 rings (SSSR count). The lowest BCUT2D eigenvalue weighted by Crippen LogP contribution is -2.15.